The highest BCUT2D eigenvalue weighted by molar-refractivity contribution is 5.64. The van der Waals surface area contributed by atoms with Crippen LogP contribution in [0.1, 0.15) is 31.2 Å². The highest BCUT2D eigenvalue weighted by Gasteiger charge is 2.31. The predicted molar refractivity (Wildman–Crippen MR) is 95.0 cm³/mol. The summed E-state index contributed by atoms with van der Waals surface area (Å²) in [5, 5.41) is 11.1. The molecule has 1 aromatic carbocycles. The summed E-state index contributed by atoms with van der Waals surface area (Å²) in [6.45, 7) is 3.35. The summed E-state index contributed by atoms with van der Waals surface area (Å²) < 4.78 is 5.33. The lowest BCUT2D eigenvalue weighted by molar-refractivity contribution is 0.189. The van der Waals surface area contributed by atoms with Gasteiger partial charge in [-0.25, -0.2) is 0 Å². The Bertz CT molecular complexity index is 672. The molecule has 1 aromatic heterocycles. The molecule has 5 nitrogen and oxygen atoms in total. The summed E-state index contributed by atoms with van der Waals surface area (Å²) in [5.74, 6) is 0.869. The lowest BCUT2D eigenvalue weighted by Gasteiger charge is -2.32. The summed E-state index contributed by atoms with van der Waals surface area (Å²) >= 11 is 0. The third-order valence-corrected chi connectivity index (χ3v) is 5.25. The number of rotatable bonds is 6. The first kappa shape index (κ1) is 15.7. The fraction of sp³-hybridized carbons (Fsp3) is 0.526. The molecule has 5 heteroatoms. The molecule has 0 spiro atoms. The Kier molecular flexibility index (Phi) is 4.54. The molecule has 2 aliphatic rings. The van der Waals surface area contributed by atoms with Gasteiger partial charge in [-0.3, -0.25) is 5.10 Å². The van der Waals surface area contributed by atoms with E-state index in [0.29, 0.717) is 6.04 Å². The first-order valence-corrected chi connectivity index (χ1v) is 8.97. The minimum Gasteiger partial charge on any atom is -0.497 e. The van der Waals surface area contributed by atoms with E-state index in [4.69, 9.17) is 4.74 Å². The van der Waals surface area contributed by atoms with Crippen LogP contribution in [-0.4, -0.2) is 47.4 Å². The topological polar surface area (TPSA) is 53.2 Å². The second kappa shape index (κ2) is 6.95. The summed E-state index contributed by atoms with van der Waals surface area (Å²) in [7, 11) is 1.70. The van der Waals surface area contributed by atoms with Crippen molar-refractivity contribution in [3.05, 3.63) is 36.0 Å². The number of benzene rings is 1. The molecule has 24 heavy (non-hydrogen) atoms. The molecule has 128 valence electrons. The van der Waals surface area contributed by atoms with Crippen LogP contribution in [0.4, 0.5) is 0 Å². The van der Waals surface area contributed by atoms with Crippen LogP contribution in [0.15, 0.2) is 30.5 Å². The van der Waals surface area contributed by atoms with E-state index >= 15 is 0 Å². The number of piperidine rings is 1. The van der Waals surface area contributed by atoms with Crippen molar-refractivity contribution in [1.82, 2.24) is 20.4 Å². The van der Waals surface area contributed by atoms with Crippen LogP contribution >= 0.6 is 0 Å². The van der Waals surface area contributed by atoms with Gasteiger partial charge in [0, 0.05) is 29.8 Å². The number of hydrogen-bond acceptors (Lipinski definition) is 4. The lowest BCUT2D eigenvalue weighted by atomic mass is 10.0. The Morgan fingerprint density at radius 2 is 2.08 bits per heavy atom. The fourth-order valence-electron chi connectivity index (χ4n) is 3.64. The second-order valence-electron chi connectivity index (χ2n) is 6.92. The van der Waals surface area contributed by atoms with Gasteiger partial charge in [0.2, 0.25) is 0 Å². The van der Waals surface area contributed by atoms with Crippen molar-refractivity contribution >= 4 is 0 Å². The zero-order valence-electron chi connectivity index (χ0n) is 14.3. The van der Waals surface area contributed by atoms with E-state index in [-0.39, 0.29) is 0 Å². The van der Waals surface area contributed by atoms with E-state index in [0.717, 1.165) is 29.6 Å². The normalized spacial score (nSPS) is 19.5. The quantitative estimate of drug-likeness (QED) is 0.857. The van der Waals surface area contributed by atoms with E-state index in [9.17, 15) is 0 Å². The highest BCUT2D eigenvalue weighted by Crippen LogP contribution is 2.29. The molecule has 0 unspecified atom stereocenters. The zero-order valence-corrected chi connectivity index (χ0v) is 14.3. The molecule has 1 saturated heterocycles. The van der Waals surface area contributed by atoms with E-state index < -0.39 is 0 Å². The van der Waals surface area contributed by atoms with Gasteiger partial charge in [0.25, 0.3) is 0 Å². The number of H-pyrrole nitrogens is 1. The number of ether oxygens (including phenoxy) is 1. The van der Waals surface area contributed by atoms with Gasteiger partial charge in [0.15, 0.2) is 0 Å². The maximum Gasteiger partial charge on any atom is 0.119 e. The molecule has 0 amide bonds. The van der Waals surface area contributed by atoms with Crippen molar-refractivity contribution in [2.24, 2.45) is 0 Å². The number of hydrogen-bond donors (Lipinski definition) is 2. The highest BCUT2D eigenvalue weighted by atomic mass is 16.5. The number of aromatic amines is 1. The van der Waals surface area contributed by atoms with Crippen molar-refractivity contribution in [2.45, 2.75) is 44.3 Å². The van der Waals surface area contributed by atoms with Crippen molar-refractivity contribution in [2.75, 3.05) is 20.2 Å². The molecule has 0 atom stereocenters. The summed E-state index contributed by atoms with van der Waals surface area (Å²) in [6.07, 6.45) is 7.26. The van der Waals surface area contributed by atoms with Crippen LogP contribution in [0.5, 0.6) is 5.75 Å². The van der Waals surface area contributed by atoms with Gasteiger partial charge in [-0.15, -0.1) is 0 Å². The lowest BCUT2D eigenvalue weighted by Crippen LogP contribution is -2.43. The first-order chi connectivity index (χ1) is 11.8. The average Bonchev–Trinajstić information content (AvgIpc) is 3.38. The van der Waals surface area contributed by atoms with Crippen molar-refractivity contribution in [1.29, 1.82) is 0 Å². The van der Waals surface area contributed by atoms with Crippen LogP contribution in [-0.2, 0) is 6.54 Å². The van der Waals surface area contributed by atoms with Gasteiger partial charge >= 0.3 is 0 Å². The van der Waals surface area contributed by atoms with E-state index in [1.807, 2.05) is 24.4 Å². The minimum absolute atomic E-state index is 0.619. The van der Waals surface area contributed by atoms with Crippen molar-refractivity contribution < 1.29 is 4.74 Å². The number of methoxy groups -OCH3 is 1. The molecule has 4 rings (SSSR count). The SMILES string of the molecule is COc1cccc(-c2[nH]ncc2CNC2CCN(C3CC3)CC2)c1. The average molecular weight is 326 g/mol. The number of nitrogens with one attached hydrogen (secondary N) is 2. The number of nitrogens with zero attached hydrogens (tertiary/aromatic N) is 2. The standard InChI is InChI=1S/C19H26N4O/c1-24-18-4-2-3-14(11-18)19-15(13-21-22-19)12-20-16-7-9-23(10-8-16)17-5-6-17/h2-4,11,13,16-17,20H,5-10,12H2,1H3,(H,21,22). The van der Waals surface area contributed by atoms with Crippen LogP contribution < -0.4 is 10.1 Å². The monoisotopic (exact) mass is 326 g/mol. The Morgan fingerprint density at radius 1 is 1.25 bits per heavy atom. The Labute approximate surface area is 143 Å². The molecule has 1 aliphatic carbocycles. The Hall–Kier alpha value is -1.85. The number of aromatic nitrogens is 2. The first-order valence-electron chi connectivity index (χ1n) is 8.97. The van der Waals surface area contributed by atoms with Crippen LogP contribution in [0.25, 0.3) is 11.3 Å². The molecule has 2 heterocycles. The maximum atomic E-state index is 5.33. The third kappa shape index (κ3) is 3.47. The van der Waals surface area contributed by atoms with Crippen LogP contribution in [0, 0.1) is 0 Å². The molecule has 2 fully saturated rings. The molecule has 0 radical (unpaired) electrons. The zero-order chi connectivity index (χ0) is 16.4. The molecular weight excluding hydrogens is 300 g/mol. The Morgan fingerprint density at radius 3 is 2.83 bits per heavy atom. The van der Waals surface area contributed by atoms with E-state index in [1.165, 1.54) is 44.3 Å². The van der Waals surface area contributed by atoms with Crippen LogP contribution in [0.2, 0.25) is 0 Å². The molecule has 0 bridgehead atoms. The molecule has 1 aliphatic heterocycles. The van der Waals surface area contributed by atoms with E-state index in [2.05, 4.69) is 26.5 Å². The number of likely N-dealkylation sites (tertiary alicyclic amines) is 1. The summed E-state index contributed by atoms with van der Waals surface area (Å²) in [5.41, 5.74) is 3.41. The fourth-order valence-corrected chi connectivity index (χ4v) is 3.64. The molecule has 2 aromatic rings. The molecule has 2 N–H and O–H groups in total. The van der Waals surface area contributed by atoms with Gasteiger partial charge in [0.1, 0.15) is 5.75 Å². The Balaban J connectivity index is 1.36. The van der Waals surface area contributed by atoms with Gasteiger partial charge < -0.3 is 15.0 Å². The minimum atomic E-state index is 0.619. The van der Waals surface area contributed by atoms with Crippen molar-refractivity contribution in [3.8, 4) is 17.0 Å². The molecular formula is C19H26N4O. The summed E-state index contributed by atoms with van der Waals surface area (Å²) in [4.78, 5) is 2.66. The summed E-state index contributed by atoms with van der Waals surface area (Å²) in [6, 6.07) is 9.64. The van der Waals surface area contributed by atoms with Gasteiger partial charge in [-0.2, -0.15) is 5.10 Å². The second-order valence-corrected chi connectivity index (χ2v) is 6.92. The van der Waals surface area contributed by atoms with Gasteiger partial charge in [-0.1, -0.05) is 12.1 Å². The van der Waals surface area contributed by atoms with E-state index in [1.54, 1.807) is 7.11 Å². The smallest absolute Gasteiger partial charge is 0.119 e. The van der Waals surface area contributed by atoms with Crippen LogP contribution in [0.3, 0.4) is 0 Å². The maximum absolute atomic E-state index is 5.33. The van der Waals surface area contributed by atoms with Gasteiger partial charge in [0.05, 0.1) is 19.0 Å². The largest absolute Gasteiger partial charge is 0.497 e. The predicted octanol–water partition coefficient (Wildman–Crippen LogP) is 2.80. The van der Waals surface area contributed by atoms with Gasteiger partial charge in [-0.05, 0) is 50.9 Å². The molecule has 1 saturated carbocycles. The van der Waals surface area contributed by atoms with Crippen molar-refractivity contribution in [3.63, 3.8) is 0 Å². The third-order valence-electron chi connectivity index (χ3n) is 5.25.